The highest BCUT2D eigenvalue weighted by Gasteiger charge is 2.18. The number of amides is 1. The molecule has 6 nitrogen and oxygen atoms in total. The number of carbonyl (C=O) groups excluding carboxylic acids is 1. The van der Waals surface area contributed by atoms with Crippen LogP contribution < -0.4 is 10.1 Å². The first kappa shape index (κ1) is 20.7. The average molecular weight is 373 g/mol. The largest absolute Gasteiger partial charge is 0.491 e. The van der Waals surface area contributed by atoms with Gasteiger partial charge in [0, 0.05) is 6.54 Å². The first-order chi connectivity index (χ1) is 13.0. The fraction of sp³-hybridized carbons (Fsp3) is 0.381. The van der Waals surface area contributed by atoms with Gasteiger partial charge in [-0.2, -0.15) is 0 Å². The quantitative estimate of drug-likeness (QED) is 0.628. The molecule has 2 aromatic rings. The van der Waals surface area contributed by atoms with Crippen molar-refractivity contribution in [2.24, 2.45) is 0 Å². The molecular weight excluding hydrogens is 346 g/mol. The molecule has 0 aliphatic carbocycles. The number of hydrogen-bond acceptors (Lipinski definition) is 5. The minimum atomic E-state index is -1.04. The summed E-state index contributed by atoms with van der Waals surface area (Å²) in [4.78, 5) is 11.7. The second-order valence-electron chi connectivity index (χ2n) is 6.53. The van der Waals surface area contributed by atoms with Crippen LogP contribution in [0, 0.1) is 0 Å². The molecule has 0 aliphatic heterocycles. The first-order valence-electron chi connectivity index (χ1n) is 9.03. The Bertz CT molecular complexity index is 687. The molecule has 0 aromatic heterocycles. The summed E-state index contributed by atoms with van der Waals surface area (Å²) in [6.45, 7) is 4.25. The molecule has 3 N–H and O–H groups in total. The lowest BCUT2D eigenvalue weighted by molar-refractivity contribution is 0.0136. The standard InChI is InChI=1S/C21H27NO5/c1-15(2)27-18-10-8-17(9-11-18)20(24)19(23)12-13-22-21(25)26-14-16-6-4-3-5-7-16/h3-11,15,19-20,23-24H,12-14H2,1-2H3,(H,22,25). The van der Waals surface area contributed by atoms with Crippen LogP contribution in [0.25, 0.3) is 0 Å². The van der Waals surface area contributed by atoms with E-state index in [1.54, 1.807) is 24.3 Å². The third-order valence-electron chi connectivity index (χ3n) is 3.88. The Morgan fingerprint density at radius 3 is 2.33 bits per heavy atom. The second kappa shape index (κ2) is 10.5. The van der Waals surface area contributed by atoms with Crippen LogP contribution in [-0.4, -0.2) is 35.1 Å². The monoisotopic (exact) mass is 373 g/mol. The molecule has 0 saturated carbocycles. The molecule has 27 heavy (non-hydrogen) atoms. The van der Waals surface area contributed by atoms with E-state index in [1.165, 1.54) is 0 Å². The lowest BCUT2D eigenvalue weighted by atomic mass is 10.0. The van der Waals surface area contributed by atoms with Crippen molar-refractivity contribution in [3.63, 3.8) is 0 Å². The molecule has 2 rings (SSSR count). The van der Waals surface area contributed by atoms with E-state index in [2.05, 4.69) is 5.32 Å². The van der Waals surface area contributed by atoms with E-state index in [-0.39, 0.29) is 25.7 Å². The highest BCUT2D eigenvalue weighted by molar-refractivity contribution is 5.67. The van der Waals surface area contributed by atoms with Crippen LogP contribution in [0.4, 0.5) is 4.79 Å². The number of aliphatic hydroxyl groups is 2. The molecule has 0 saturated heterocycles. The van der Waals surface area contributed by atoms with Gasteiger partial charge in [0.2, 0.25) is 0 Å². The smallest absolute Gasteiger partial charge is 0.407 e. The summed E-state index contributed by atoms with van der Waals surface area (Å²) >= 11 is 0. The van der Waals surface area contributed by atoms with E-state index in [1.807, 2.05) is 44.2 Å². The van der Waals surface area contributed by atoms with Crippen LogP contribution in [0.3, 0.4) is 0 Å². The molecule has 0 radical (unpaired) electrons. The number of alkyl carbamates (subject to hydrolysis) is 1. The van der Waals surface area contributed by atoms with Gasteiger partial charge in [-0.15, -0.1) is 0 Å². The Morgan fingerprint density at radius 1 is 1.04 bits per heavy atom. The van der Waals surface area contributed by atoms with Gasteiger partial charge in [0.05, 0.1) is 12.2 Å². The predicted octanol–water partition coefficient (Wildman–Crippen LogP) is 3.18. The van der Waals surface area contributed by atoms with E-state index >= 15 is 0 Å². The number of aliphatic hydroxyl groups excluding tert-OH is 2. The number of nitrogens with one attached hydrogen (secondary N) is 1. The minimum Gasteiger partial charge on any atom is -0.491 e. The van der Waals surface area contributed by atoms with E-state index < -0.39 is 18.3 Å². The summed E-state index contributed by atoms with van der Waals surface area (Å²) in [5, 5.41) is 22.9. The van der Waals surface area contributed by atoms with Crippen molar-refractivity contribution in [1.82, 2.24) is 5.32 Å². The molecule has 1 amide bonds. The minimum absolute atomic E-state index is 0.0686. The van der Waals surface area contributed by atoms with Gasteiger partial charge in [-0.3, -0.25) is 0 Å². The lowest BCUT2D eigenvalue weighted by Gasteiger charge is -2.19. The van der Waals surface area contributed by atoms with Gasteiger partial charge in [0.25, 0.3) is 0 Å². The van der Waals surface area contributed by atoms with Crippen molar-refractivity contribution in [2.45, 2.75) is 45.2 Å². The normalized spacial score (nSPS) is 13.1. The predicted molar refractivity (Wildman–Crippen MR) is 102 cm³/mol. The van der Waals surface area contributed by atoms with Crippen LogP contribution in [0.5, 0.6) is 5.75 Å². The molecule has 2 unspecified atom stereocenters. The zero-order valence-electron chi connectivity index (χ0n) is 15.7. The molecule has 146 valence electrons. The summed E-state index contributed by atoms with van der Waals surface area (Å²) in [5.74, 6) is 0.707. The number of rotatable bonds is 9. The van der Waals surface area contributed by atoms with Crippen LogP contribution in [0.15, 0.2) is 54.6 Å². The molecule has 2 atom stereocenters. The summed E-state index contributed by atoms with van der Waals surface area (Å²) < 4.78 is 10.6. The first-order valence-corrected chi connectivity index (χ1v) is 9.03. The third-order valence-corrected chi connectivity index (χ3v) is 3.88. The molecule has 0 heterocycles. The zero-order chi connectivity index (χ0) is 19.6. The third kappa shape index (κ3) is 7.29. The van der Waals surface area contributed by atoms with Crippen molar-refractivity contribution >= 4 is 6.09 Å². The van der Waals surface area contributed by atoms with Crippen LogP contribution in [0.2, 0.25) is 0 Å². The highest BCUT2D eigenvalue weighted by Crippen LogP contribution is 2.22. The van der Waals surface area contributed by atoms with E-state index in [4.69, 9.17) is 9.47 Å². The Balaban J connectivity index is 1.71. The van der Waals surface area contributed by atoms with Gasteiger partial charge in [0.15, 0.2) is 0 Å². The Hall–Kier alpha value is -2.57. The maximum absolute atomic E-state index is 11.7. The van der Waals surface area contributed by atoms with Crippen molar-refractivity contribution in [2.75, 3.05) is 6.54 Å². The Kier molecular flexibility index (Phi) is 8.10. The second-order valence-corrected chi connectivity index (χ2v) is 6.53. The summed E-state index contributed by atoms with van der Waals surface area (Å²) in [5.41, 5.74) is 1.48. The zero-order valence-corrected chi connectivity index (χ0v) is 15.7. The Morgan fingerprint density at radius 2 is 1.70 bits per heavy atom. The molecule has 0 fully saturated rings. The van der Waals surface area contributed by atoms with E-state index in [9.17, 15) is 15.0 Å². The number of carbonyl (C=O) groups is 1. The molecule has 0 spiro atoms. The van der Waals surface area contributed by atoms with Crippen LogP contribution in [-0.2, 0) is 11.3 Å². The number of hydrogen-bond donors (Lipinski definition) is 3. The van der Waals surface area contributed by atoms with Gasteiger partial charge < -0.3 is 25.0 Å². The Labute approximate surface area is 159 Å². The van der Waals surface area contributed by atoms with Crippen LogP contribution in [0.1, 0.15) is 37.5 Å². The molecule has 2 aromatic carbocycles. The fourth-order valence-electron chi connectivity index (χ4n) is 2.49. The molecule has 6 heteroatoms. The van der Waals surface area contributed by atoms with Gasteiger partial charge in [-0.25, -0.2) is 4.79 Å². The van der Waals surface area contributed by atoms with Gasteiger partial charge in [-0.05, 0) is 43.5 Å². The SMILES string of the molecule is CC(C)Oc1ccc(C(O)C(O)CCNC(=O)OCc2ccccc2)cc1. The van der Waals surface area contributed by atoms with Crippen LogP contribution >= 0.6 is 0 Å². The topological polar surface area (TPSA) is 88.0 Å². The summed E-state index contributed by atoms with van der Waals surface area (Å²) in [6, 6.07) is 16.3. The van der Waals surface area contributed by atoms with E-state index in [0.717, 1.165) is 5.56 Å². The summed E-state index contributed by atoms with van der Waals surface area (Å²) in [7, 11) is 0. The highest BCUT2D eigenvalue weighted by atomic mass is 16.5. The average Bonchev–Trinajstić information content (AvgIpc) is 2.66. The fourth-order valence-corrected chi connectivity index (χ4v) is 2.49. The molecular formula is C21H27NO5. The van der Waals surface area contributed by atoms with E-state index in [0.29, 0.717) is 11.3 Å². The van der Waals surface area contributed by atoms with Crippen molar-refractivity contribution in [3.8, 4) is 5.75 Å². The number of ether oxygens (including phenoxy) is 2. The lowest BCUT2D eigenvalue weighted by Crippen LogP contribution is -2.29. The maximum Gasteiger partial charge on any atom is 0.407 e. The molecule has 0 aliphatic rings. The maximum atomic E-state index is 11.7. The van der Waals surface area contributed by atoms with Crippen molar-refractivity contribution in [1.29, 1.82) is 0 Å². The van der Waals surface area contributed by atoms with Gasteiger partial charge in [-0.1, -0.05) is 42.5 Å². The number of benzene rings is 2. The van der Waals surface area contributed by atoms with Gasteiger partial charge >= 0.3 is 6.09 Å². The summed E-state index contributed by atoms with van der Waals surface area (Å²) in [6.07, 6.45) is -2.34. The van der Waals surface area contributed by atoms with Crippen molar-refractivity contribution < 1.29 is 24.5 Å². The molecule has 0 bridgehead atoms. The van der Waals surface area contributed by atoms with Crippen molar-refractivity contribution in [3.05, 3.63) is 65.7 Å². The van der Waals surface area contributed by atoms with Gasteiger partial charge in [0.1, 0.15) is 18.5 Å².